The zero-order chi connectivity index (χ0) is 23.4. The second kappa shape index (κ2) is 9.92. The van der Waals surface area contributed by atoms with Gasteiger partial charge in [-0.2, -0.15) is 0 Å². The van der Waals surface area contributed by atoms with E-state index in [1.807, 2.05) is 31.2 Å². The predicted molar refractivity (Wildman–Crippen MR) is 126 cm³/mol. The van der Waals surface area contributed by atoms with Crippen molar-refractivity contribution in [1.29, 1.82) is 0 Å². The van der Waals surface area contributed by atoms with E-state index in [2.05, 4.69) is 0 Å². The highest BCUT2D eigenvalue weighted by Crippen LogP contribution is 2.35. The van der Waals surface area contributed by atoms with E-state index in [1.165, 1.54) is 24.1 Å². The Morgan fingerprint density at radius 3 is 2.48 bits per heavy atom. The van der Waals surface area contributed by atoms with E-state index in [9.17, 15) is 14.0 Å². The highest BCUT2D eigenvalue weighted by atomic mass is 32.2. The van der Waals surface area contributed by atoms with Gasteiger partial charge in [0.2, 0.25) is 0 Å². The van der Waals surface area contributed by atoms with E-state index in [0.29, 0.717) is 22.0 Å². The average Bonchev–Trinajstić information content (AvgIpc) is 3.07. The van der Waals surface area contributed by atoms with Crippen molar-refractivity contribution in [3.05, 3.63) is 99.7 Å². The maximum Gasteiger partial charge on any atom is 0.293 e. The minimum Gasteiger partial charge on any atom is -0.493 e. The number of hydrogen-bond donors (Lipinski definition) is 0. The number of hydrogen-bond acceptors (Lipinski definition) is 5. The summed E-state index contributed by atoms with van der Waals surface area (Å²) in [5, 5.41) is -0.291. The number of carbonyl (C=O) groups is 2. The van der Waals surface area contributed by atoms with E-state index in [0.717, 1.165) is 28.5 Å². The van der Waals surface area contributed by atoms with Crippen LogP contribution in [0.3, 0.4) is 0 Å². The normalized spacial score (nSPS) is 14.8. The maximum absolute atomic E-state index is 13.1. The van der Waals surface area contributed by atoms with E-state index < -0.39 is 0 Å². The molecule has 0 N–H and O–H groups in total. The summed E-state index contributed by atoms with van der Waals surface area (Å²) in [5.41, 5.74) is 3.50. The van der Waals surface area contributed by atoms with Crippen molar-refractivity contribution in [2.24, 2.45) is 0 Å². The molecule has 0 bridgehead atoms. The van der Waals surface area contributed by atoms with Crippen LogP contribution in [-0.2, 0) is 17.9 Å². The molecule has 0 saturated carbocycles. The number of thioether (sulfide) groups is 1. The molecule has 1 aliphatic heterocycles. The van der Waals surface area contributed by atoms with Gasteiger partial charge in [-0.15, -0.1) is 0 Å². The Balaban J connectivity index is 1.49. The standard InChI is InChI=1S/C26H22FNO4S/c1-17-5-3-4-6-20(17)15-28-25(29)24(33-26(28)30)14-19-9-12-22(23(13-19)31-2)32-16-18-7-10-21(27)11-8-18/h3-14H,15-16H2,1-2H3/b24-14-. The summed E-state index contributed by atoms with van der Waals surface area (Å²) in [6.45, 7) is 2.46. The first-order chi connectivity index (χ1) is 15.9. The van der Waals surface area contributed by atoms with E-state index in [-0.39, 0.29) is 30.1 Å². The minimum absolute atomic E-state index is 0.244. The molecule has 4 rings (SSSR count). The van der Waals surface area contributed by atoms with Crippen molar-refractivity contribution >= 4 is 29.0 Å². The molecule has 168 valence electrons. The summed E-state index contributed by atoms with van der Waals surface area (Å²) < 4.78 is 24.3. The Bertz CT molecular complexity index is 1220. The number of rotatable bonds is 7. The molecule has 0 aromatic heterocycles. The lowest BCUT2D eigenvalue weighted by molar-refractivity contribution is -0.123. The zero-order valence-corrected chi connectivity index (χ0v) is 19.0. The molecule has 1 fully saturated rings. The summed E-state index contributed by atoms with van der Waals surface area (Å²) in [5.74, 6) is 0.393. The van der Waals surface area contributed by atoms with Gasteiger partial charge in [0.1, 0.15) is 12.4 Å². The molecule has 0 unspecified atom stereocenters. The molecule has 1 heterocycles. The van der Waals surface area contributed by atoms with Gasteiger partial charge in [-0.1, -0.05) is 42.5 Å². The number of aryl methyl sites for hydroxylation is 1. The van der Waals surface area contributed by atoms with Crippen LogP contribution in [-0.4, -0.2) is 23.2 Å². The third-order valence-electron chi connectivity index (χ3n) is 5.26. The molecule has 7 heteroatoms. The van der Waals surface area contributed by atoms with E-state index >= 15 is 0 Å². The Morgan fingerprint density at radius 1 is 1.00 bits per heavy atom. The number of nitrogens with zero attached hydrogens (tertiary/aromatic N) is 1. The summed E-state index contributed by atoms with van der Waals surface area (Å²) in [6.07, 6.45) is 1.68. The molecule has 0 radical (unpaired) electrons. The van der Waals surface area contributed by atoms with Gasteiger partial charge in [0.25, 0.3) is 11.1 Å². The predicted octanol–water partition coefficient (Wildman–Crippen LogP) is 5.96. The lowest BCUT2D eigenvalue weighted by Crippen LogP contribution is -2.27. The fraction of sp³-hybridized carbons (Fsp3) is 0.154. The Kier molecular flexibility index (Phi) is 6.79. The number of benzene rings is 3. The zero-order valence-electron chi connectivity index (χ0n) is 18.2. The highest BCUT2D eigenvalue weighted by Gasteiger charge is 2.35. The van der Waals surface area contributed by atoms with Crippen LogP contribution in [0, 0.1) is 12.7 Å². The minimum atomic E-state index is -0.316. The van der Waals surface area contributed by atoms with Gasteiger partial charge in [-0.25, -0.2) is 4.39 Å². The van der Waals surface area contributed by atoms with Crippen LogP contribution in [0.1, 0.15) is 22.3 Å². The Hall–Kier alpha value is -3.58. The molecular weight excluding hydrogens is 441 g/mol. The van der Waals surface area contributed by atoms with Crippen LogP contribution in [0.5, 0.6) is 11.5 Å². The van der Waals surface area contributed by atoms with Gasteiger partial charge in [-0.3, -0.25) is 14.5 Å². The second-order valence-corrected chi connectivity index (χ2v) is 8.51. The first-order valence-electron chi connectivity index (χ1n) is 10.3. The number of imide groups is 1. The molecule has 1 saturated heterocycles. The molecule has 3 aromatic carbocycles. The van der Waals surface area contributed by atoms with Gasteiger partial charge in [0.15, 0.2) is 11.5 Å². The van der Waals surface area contributed by atoms with Crippen molar-refractivity contribution in [3.8, 4) is 11.5 Å². The molecular formula is C26H22FNO4S. The van der Waals surface area contributed by atoms with E-state index in [1.54, 1.807) is 36.4 Å². The van der Waals surface area contributed by atoms with Gasteiger partial charge in [0.05, 0.1) is 18.6 Å². The Labute approximate surface area is 195 Å². The van der Waals surface area contributed by atoms with Crippen molar-refractivity contribution in [2.45, 2.75) is 20.1 Å². The monoisotopic (exact) mass is 463 g/mol. The summed E-state index contributed by atoms with van der Waals surface area (Å²) >= 11 is 0.924. The van der Waals surface area contributed by atoms with E-state index in [4.69, 9.17) is 9.47 Å². The van der Waals surface area contributed by atoms with Crippen LogP contribution in [0.4, 0.5) is 9.18 Å². The number of halogens is 1. The maximum atomic E-state index is 13.1. The molecule has 0 atom stereocenters. The lowest BCUT2D eigenvalue weighted by Gasteiger charge is -2.14. The van der Waals surface area contributed by atoms with Crippen molar-refractivity contribution in [3.63, 3.8) is 0 Å². The number of methoxy groups -OCH3 is 1. The van der Waals surface area contributed by atoms with Gasteiger partial charge >= 0.3 is 0 Å². The summed E-state index contributed by atoms with van der Waals surface area (Å²) in [6, 6.07) is 19.0. The van der Waals surface area contributed by atoms with Crippen molar-refractivity contribution in [2.75, 3.05) is 7.11 Å². The third-order valence-corrected chi connectivity index (χ3v) is 6.16. The molecule has 0 aliphatic carbocycles. The van der Waals surface area contributed by atoms with Crippen LogP contribution >= 0.6 is 11.8 Å². The first-order valence-corrected chi connectivity index (χ1v) is 11.1. The SMILES string of the molecule is COc1cc(/C=C2\SC(=O)N(Cc3ccccc3C)C2=O)ccc1OCc1ccc(F)cc1. The van der Waals surface area contributed by atoms with Crippen LogP contribution < -0.4 is 9.47 Å². The number of carbonyl (C=O) groups excluding carboxylic acids is 2. The van der Waals surface area contributed by atoms with Gasteiger partial charge in [-0.05, 0) is 71.3 Å². The fourth-order valence-corrected chi connectivity index (χ4v) is 4.22. The van der Waals surface area contributed by atoms with Crippen LogP contribution in [0.15, 0.2) is 71.6 Å². The lowest BCUT2D eigenvalue weighted by atomic mass is 10.1. The topological polar surface area (TPSA) is 55.8 Å². The van der Waals surface area contributed by atoms with Crippen LogP contribution in [0.2, 0.25) is 0 Å². The molecule has 5 nitrogen and oxygen atoms in total. The van der Waals surface area contributed by atoms with Crippen molar-refractivity contribution in [1.82, 2.24) is 4.90 Å². The first kappa shape index (κ1) is 22.6. The average molecular weight is 464 g/mol. The third kappa shape index (κ3) is 5.26. The van der Waals surface area contributed by atoms with Gasteiger partial charge in [0, 0.05) is 0 Å². The molecule has 1 aliphatic rings. The molecule has 3 aromatic rings. The molecule has 0 spiro atoms. The largest absolute Gasteiger partial charge is 0.493 e. The molecule has 33 heavy (non-hydrogen) atoms. The smallest absolute Gasteiger partial charge is 0.293 e. The quantitative estimate of drug-likeness (QED) is 0.405. The Morgan fingerprint density at radius 2 is 1.76 bits per heavy atom. The molecule has 2 amide bonds. The van der Waals surface area contributed by atoms with Gasteiger partial charge < -0.3 is 9.47 Å². The highest BCUT2D eigenvalue weighted by molar-refractivity contribution is 8.18. The number of amides is 2. The summed E-state index contributed by atoms with van der Waals surface area (Å²) in [4.78, 5) is 27.0. The summed E-state index contributed by atoms with van der Waals surface area (Å²) in [7, 11) is 1.53. The fourth-order valence-electron chi connectivity index (χ4n) is 3.38. The second-order valence-electron chi connectivity index (χ2n) is 7.52. The number of ether oxygens (including phenoxy) is 2. The van der Waals surface area contributed by atoms with Crippen molar-refractivity contribution < 1.29 is 23.5 Å². The van der Waals surface area contributed by atoms with Crippen LogP contribution in [0.25, 0.3) is 6.08 Å².